The maximum Gasteiger partial charge on any atom is 0.0311 e. The summed E-state index contributed by atoms with van der Waals surface area (Å²) in [7, 11) is 0. The van der Waals surface area contributed by atoms with E-state index in [1.165, 1.54) is 28.6 Å². The van der Waals surface area contributed by atoms with Gasteiger partial charge in [0.05, 0.1) is 0 Å². The molecule has 0 bridgehead atoms. The molecule has 0 spiro atoms. The maximum atomic E-state index is 5.99. The zero-order valence-corrected chi connectivity index (χ0v) is 11.1. The Kier molecular flexibility index (Phi) is 4.12. The highest BCUT2D eigenvalue weighted by molar-refractivity contribution is 9.10. The fourth-order valence-electron chi connectivity index (χ4n) is 2.01. The number of hydrogen-bond donors (Lipinski definition) is 1. The molecule has 1 nitrogen and oxygen atoms in total. The molecule has 0 radical (unpaired) electrons. The van der Waals surface area contributed by atoms with E-state index in [-0.39, 0.29) is 0 Å². The molecular weight excluding hydrogens is 270 g/mol. The standard InChI is InChI=1S/C12H16BrNS/c13-11-6-1-2-7-12(11)15-10-5-3-4-9(14)8-10/h1-2,6-7,9-10H,3-5,8,14H2. The molecule has 0 aliphatic heterocycles. The van der Waals surface area contributed by atoms with E-state index in [0.29, 0.717) is 11.3 Å². The minimum Gasteiger partial charge on any atom is -0.328 e. The number of nitrogens with two attached hydrogens (primary N) is 1. The average molecular weight is 286 g/mol. The number of rotatable bonds is 2. The topological polar surface area (TPSA) is 26.0 Å². The highest BCUT2D eigenvalue weighted by Gasteiger charge is 2.20. The molecule has 15 heavy (non-hydrogen) atoms. The van der Waals surface area contributed by atoms with Crippen LogP contribution in [0.15, 0.2) is 33.6 Å². The normalized spacial score (nSPS) is 26.5. The summed E-state index contributed by atoms with van der Waals surface area (Å²) in [5.41, 5.74) is 5.99. The molecule has 3 heteroatoms. The Balaban J connectivity index is 1.99. The van der Waals surface area contributed by atoms with E-state index in [0.717, 1.165) is 6.42 Å². The zero-order chi connectivity index (χ0) is 10.7. The lowest BCUT2D eigenvalue weighted by Gasteiger charge is -2.26. The molecule has 0 saturated heterocycles. The second-order valence-electron chi connectivity index (χ2n) is 4.10. The molecule has 2 rings (SSSR count). The van der Waals surface area contributed by atoms with Gasteiger partial charge < -0.3 is 5.73 Å². The van der Waals surface area contributed by atoms with Gasteiger partial charge in [0.15, 0.2) is 0 Å². The summed E-state index contributed by atoms with van der Waals surface area (Å²) in [4.78, 5) is 1.34. The molecule has 2 atom stereocenters. The van der Waals surface area contributed by atoms with Gasteiger partial charge in [-0.1, -0.05) is 18.6 Å². The van der Waals surface area contributed by atoms with Gasteiger partial charge in [-0.2, -0.15) is 0 Å². The van der Waals surface area contributed by atoms with Crippen LogP contribution in [0.5, 0.6) is 0 Å². The van der Waals surface area contributed by atoms with Crippen molar-refractivity contribution >= 4 is 27.7 Å². The van der Waals surface area contributed by atoms with Gasteiger partial charge in [0.25, 0.3) is 0 Å². The monoisotopic (exact) mass is 285 g/mol. The average Bonchev–Trinajstić information content (AvgIpc) is 2.22. The number of thioether (sulfide) groups is 1. The van der Waals surface area contributed by atoms with Crippen molar-refractivity contribution < 1.29 is 0 Å². The highest BCUT2D eigenvalue weighted by atomic mass is 79.9. The van der Waals surface area contributed by atoms with Crippen LogP contribution in [0.2, 0.25) is 0 Å². The molecule has 1 fully saturated rings. The summed E-state index contributed by atoms with van der Waals surface area (Å²) >= 11 is 5.55. The SMILES string of the molecule is NC1CCCC(Sc2ccccc2Br)C1. The lowest BCUT2D eigenvalue weighted by atomic mass is 9.96. The Morgan fingerprint density at radius 1 is 1.27 bits per heavy atom. The molecule has 2 unspecified atom stereocenters. The molecule has 2 N–H and O–H groups in total. The molecular formula is C12H16BrNS. The van der Waals surface area contributed by atoms with E-state index in [1.54, 1.807) is 0 Å². The van der Waals surface area contributed by atoms with Crippen molar-refractivity contribution in [2.75, 3.05) is 0 Å². The largest absolute Gasteiger partial charge is 0.328 e. The third-order valence-corrected chi connectivity index (χ3v) is 5.12. The molecule has 1 aromatic rings. The van der Waals surface area contributed by atoms with Crippen molar-refractivity contribution in [1.82, 2.24) is 0 Å². The van der Waals surface area contributed by atoms with Crippen LogP contribution in [0.25, 0.3) is 0 Å². The Hall–Kier alpha value is 0.01000. The summed E-state index contributed by atoms with van der Waals surface area (Å²) in [6, 6.07) is 8.84. The number of hydrogen-bond acceptors (Lipinski definition) is 2. The summed E-state index contributed by atoms with van der Waals surface area (Å²) in [6.07, 6.45) is 4.95. The first kappa shape index (κ1) is 11.5. The van der Waals surface area contributed by atoms with Crippen LogP contribution in [0.3, 0.4) is 0 Å². The summed E-state index contributed by atoms with van der Waals surface area (Å²) in [5.74, 6) is 0. The number of halogens is 1. The van der Waals surface area contributed by atoms with Crippen LogP contribution in [0.1, 0.15) is 25.7 Å². The predicted molar refractivity (Wildman–Crippen MR) is 70.2 cm³/mol. The smallest absolute Gasteiger partial charge is 0.0311 e. The lowest BCUT2D eigenvalue weighted by molar-refractivity contribution is 0.451. The molecule has 0 aromatic heterocycles. The zero-order valence-electron chi connectivity index (χ0n) is 8.66. The minimum atomic E-state index is 0.415. The van der Waals surface area contributed by atoms with Gasteiger partial charge >= 0.3 is 0 Å². The second kappa shape index (κ2) is 5.37. The Bertz CT molecular complexity index is 329. The second-order valence-corrected chi connectivity index (χ2v) is 6.29. The van der Waals surface area contributed by atoms with Crippen molar-refractivity contribution in [1.29, 1.82) is 0 Å². The van der Waals surface area contributed by atoms with Gasteiger partial charge in [-0.25, -0.2) is 0 Å². The van der Waals surface area contributed by atoms with Gasteiger partial charge in [0, 0.05) is 20.7 Å². The summed E-state index contributed by atoms with van der Waals surface area (Å²) in [6.45, 7) is 0. The number of benzene rings is 1. The van der Waals surface area contributed by atoms with E-state index in [9.17, 15) is 0 Å². The fourth-order valence-corrected chi connectivity index (χ4v) is 3.90. The van der Waals surface area contributed by atoms with Gasteiger partial charge in [0.2, 0.25) is 0 Å². The van der Waals surface area contributed by atoms with Crippen LogP contribution >= 0.6 is 27.7 Å². The molecule has 1 aliphatic rings. The lowest BCUT2D eigenvalue weighted by Crippen LogP contribution is -2.29. The van der Waals surface area contributed by atoms with Crippen LogP contribution in [0, 0.1) is 0 Å². The van der Waals surface area contributed by atoms with Crippen molar-refractivity contribution in [3.63, 3.8) is 0 Å². The van der Waals surface area contributed by atoms with Gasteiger partial charge in [-0.15, -0.1) is 11.8 Å². The highest BCUT2D eigenvalue weighted by Crippen LogP contribution is 2.36. The van der Waals surface area contributed by atoms with Crippen LogP contribution in [-0.4, -0.2) is 11.3 Å². The quantitative estimate of drug-likeness (QED) is 0.894. The third kappa shape index (κ3) is 3.23. The van der Waals surface area contributed by atoms with Crippen molar-refractivity contribution in [3.05, 3.63) is 28.7 Å². The first-order chi connectivity index (χ1) is 7.25. The molecule has 0 amide bonds. The van der Waals surface area contributed by atoms with Crippen LogP contribution < -0.4 is 5.73 Å². The van der Waals surface area contributed by atoms with Crippen molar-refractivity contribution in [2.24, 2.45) is 5.73 Å². The fraction of sp³-hybridized carbons (Fsp3) is 0.500. The Labute approximate surface area is 104 Å². The minimum absolute atomic E-state index is 0.415. The van der Waals surface area contributed by atoms with Crippen LogP contribution in [-0.2, 0) is 0 Å². The van der Waals surface area contributed by atoms with Gasteiger partial charge in [-0.05, 0) is 47.3 Å². The molecule has 1 saturated carbocycles. The molecule has 1 aliphatic carbocycles. The van der Waals surface area contributed by atoms with E-state index >= 15 is 0 Å². The van der Waals surface area contributed by atoms with Crippen LogP contribution in [0.4, 0.5) is 0 Å². The van der Waals surface area contributed by atoms with Crippen molar-refractivity contribution in [2.45, 2.75) is 41.9 Å². The van der Waals surface area contributed by atoms with Gasteiger partial charge in [-0.3, -0.25) is 0 Å². The predicted octanol–water partition coefficient (Wildman–Crippen LogP) is 3.81. The third-order valence-electron chi connectivity index (χ3n) is 2.80. The molecule has 0 heterocycles. The van der Waals surface area contributed by atoms with E-state index in [2.05, 4.69) is 40.2 Å². The Morgan fingerprint density at radius 3 is 2.80 bits per heavy atom. The van der Waals surface area contributed by atoms with E-state index < -0.39 is 0 Å². The Morgan fingerprint density at radius 2 is 2.07 bits per heavy atom. The summed E-state index contributed by atoms with van der Waals surface area (Å²) < 4.78 is 1.20. The maximum absolute atomic E-state index is 5.99. The molecule has 1 aromatic carbocycles. The van der Waals surface area contributed by atoms with E-state index in [4.69, 9.17) is 5.73 Å². The first-order valence-electron chi connectivity index (χ1n) is 5.42. The van der Waals surface area contributed by atoms with Crippen molar-refractivity contribution in [3.8, 4) is 0 Å². The van der Waals surface area contributed by atoms with Gasteiger partial charge in [0.1, 0.15) is 0 Å². The first-order valence-corrected chi connectivity index (χ1v) is 7.10. The van der Waals surface area contributed by atoms with E-state index in [1.807, 2.05) is 11.8 Å². The summed E-state index contributed by atoms with van der Waals surface area (Å²) in [5, 5.41) is 0.701. The molecule has 82 valence electrons.